The van der Waals surface area contributed by atoms with Crippen molar-refractivity contribution in [2.75, 3.05) is 0 Å². The topological polar surface area (TPSA) is 58.4 Å². The van der Waals surface area contributed by atoms with Gasteiger partial charge in [-0.25, -0.2) is 5.84 Å². The van der Waals surface area contributed by atoms with Gasteiger partial charge in [-0.2, -0.15) is 0 Å². The number of carbonyl (C=O) groups is 1. The summed E-state index contributed by atoms with van der Waals surface area (Å²) in [6.07, 6.45) is 4.16. The molecule has 3 unspecified atom stereocenters. The van der Waals surface area contributed by atoms with Gasteiger partial charge < -0.3 is 0 Å². The van der Waals surface area contributed by atoms with Crippen molar-refractivity contribution in [3.8, 4) is 0 Å². The molecule has 0 aromatic rings. The standard InChI is InChI=1S/C11H23N3O/c1-4-10-6-5-8(2)14(10)9(3)7-11(15)13-12/h8-10H,4-7,12H2,1-3H3,(H,13,15). The first-order chi connectivity index (χ1) is 7.10. The molecule has 0 aromatic carbocycles. The van der Waals surface area contributed by atoms with Crippen LogP contribution < -0.4 is 11.3 Å². The summed E-state index contributed by atoms with van der Waals surface area (Å²) in [5.41, 5.74) is 2.20. The molecule has 0 bridgehead atoms. The van der Waals surface area contributed by atoms with Gasteiger partial charge >= 0.3 is 0 Å². The Balaban J connectivity index is 2.55. The lowest BCUT2D eigenvalue weighted by Gasteiger charge is -2.33. The molecular formula is C11H23N3O. The summed E-state index contributed by atoms with van der Waals surface area (Å²) in [7, 11) is 0. The zero-order valence-electron chi connectivity index (χ0n) is 9.99. The second-order valence-electron chi connectivity index (χ2n) is 4.56. The van der Waals surface area contributed by atoms with E-state index in [0.717, 1.165) is 0 Å². The molecule has 4 heteroatoms. The summed E-state index contributed by atoms with van der Waals surface area (Å²) in [5.74, 6) is 5.03. The van der Waals surface area contributed by atoms with Gasteiger partial charge in [0.05, 0.1) is 0 Å². The van der Waals surface area contributed by atoms with Crippen LogP contribution in [-0.2, 0) is 4.79 Å². The molecule has 1 saturated heterocycles. The van der Waals surface area contributed by atoms with Gasteiger partial charge in [0.15, 0.2) is 0 Å². The van der Waals surface area contributed by atoms with E-state index in [2.05, 4.69) is 31.1 Å². The molecular weight excluding hydrogens is 190 g/mol. The molecule has 1 rings (SSSR count). The zero-order chi connectivity index (χ0) is 11.4. The van der Waals surface area contributed by atoms with Crippen molar-refractivity contribution in [3.63, 3.8) is 0 Å². The van der Waals surface area contributed by atoms with Crippen molar-refractivity contribution in [1.82, 2.24) is 10.3 Å². The molecule has 0 spiro atoms. The van der Waals surface area contributed by atoms with Crippen LogP contribution in [0.2, 0.25) is 0 Å². The molecule has 88 valence electrons. The van der Waals surface area contributed by atoms with Crippen LogP contribution in [0.15, 0.2) is 0 Å². The first kappa shape index (κ1) is 12.5. The first-order valence-electron chi connectivity index (χ1n) is 5.87. The Kier molecular flexibility index (Phi) is 4.54. The maximum atomic E-state index is 11.2. The van der Waals surface area contributed by atoms with Crippen LogP contribution in [0.5, 0.6) is 0 Å². The summed E-state index contributed by atoms with van der Waals surface area (Å²) >= 11 is 0. The minimum atomic E-state index is -0.0727. The van der Waals surface area contributed by atoms with E-state index in [4.69, 9.17) is 5.84 Å². The predicted molar refractivity (Wildman–Crippen MR) is 61.0 cm³/mol. The average Bonchev–Trinajstić information content (AvgIpc) is 2.59. The van der Waals surface area contributed by atoms with E-state index in [9.17, 15) is 4.79 Å². The number of carbonyl (C=O) groups excluding carboxylic acids is 1. The number of hydrogen-bond donors (Lipinski definition) is 2. The third-order valence-corrected chi connectivity index (χ3v) is 3.47. The minimum absolute atomic E-state index is 0.0727. The van der Waals surface area contributed by atoms with E-state index in [1.54, 1.807) is 0 Å². The number of nitrogens with two attached hydrogens (primary N) is 1. The lowest BCUT2D eigenvalue weighted by molar-refractivity contribution is -0.122. The molecule has 1 aliphatic rings. The number of amides is 1. The van der Waals surface area contributed by atoms with Crippen LogP contribution in [0.3, 0.4) is 0 Å². The summed E-state index contributed by atoms with van der Waals surface area (Å²) in [4.78, 5) is 13.7. The monoisotopic (exact) mass is 213 g/mol. The Morgan fingerprint density at radius 1 is 1.60 bits per heavy atom. The largest absolute Gasteiger partial charge is 0.295 e. The van der Waals surface area contributed by atoms with Gasteiger partial charge in [-0.05, 0) is 33.1 Å². The molecule has 15 heavy (non-hydrogen) atoms. The zero-order valence-corrected chi connectivity index (χ0v) is 9.99. The number of rotatable bonds is 4. The molecule has 1 amide bonds. The van der Waals surface area contributed by atoms with Crippen LogP contribution in [0.25, 0.3) is 0 Å². The van der Waals surface area contributed by atoms with Gasteiger partial charge in [0, 0.05) is 24.5 Å². The quantitative estimate of drug-likeness (QED) is 0.416. The van der Waals surface area contributed by atoms with Crippen molar-refractivity contribution in [1.29, 1.82) is 0 Å². The fraction of sp³-hybridized carbons (Fsp3) is 0.909. The third-order valence-electron chi connectivity index (χ3n) is 3.47. The predicted octanol–water partition coefficient (Wildman–Crippen LogP) is 1.02. The van der Waals surface area contributed by atoms with Crippen LogP contribution in [0.4, 0.5) is 0 Å². The molecule has 1 heterocycles. The van der Waals surface area contributed by atoms with E-state index < -0.39 is 0 Å². The molecule has 0 aromatic heterocycles. The Hall–Kier alpha value is -0.610. The SMILES string of the molecule is CCC1CCC(C)N1C(C)CC(=O)NN. The van der Waals surface area contributed by atoms with E-state index in [1.807, 2.05) is 0 Å². The lowest BCUT2D eigenvalue weighted by atomic mass is 10.1. The Morgan fingerprint density at radius 2 is 2.27 bits per heavy atom. The highest BCUT2D eigenvalue weighted by Gasteiger charge is 2.33. The van der Waals surface area contributed by atoms with E-state index >= 15 is 0 Å². The van der Waals surface area contributed by atoms with Crippen LogP contribution in [0, 0.1) is 0 Å². The van der Waals surface area contributed by atoms with Crippen LogP contribution >= 0.6 is 0 Å². The summed E-state index contributed by atoms with van der Waals surface area (Å²) in [6.45, 7) is 6.57. The highest BCUT2D eigenvalue weighted by atomic mass is 16.2. The first-order valence-corrected chi connectivity index (χ1v) is 5.87. The molecule has 3 atom stereocenters. The van der Waals surface area contributed by atoms with Crippen molar-refractivity contribution >= 4 is 5.91 Å². The van der Waals surface area contributed by atoms with Crippen LogP contribution in [-0.4, -0.2) is 28.9 Å². The fourth-order valence-corrected chi connectivity index (χ4v) is 2.73. The minimum Gasteiger partial charge on any atom is -0.295 e. The second-order valence-corrected chi connectivity index (χ2v) is 4.56. The highest BCUT2D eigenvalue weighted by molar-refractivity contribution is 5.75. The smallest absolute Gasteiger partial charge is 0.235 e. The second kappa shape index (κ2) is 5.47. The summed E-state index contributed by atoms with van der Waals surface area (Å²) < 4.78 is 0. The normalized spacial score (nSPS) is 29.1. The molecule has 0 aliphatic carbocycles. The van der Waals surface area contributed by atoms with Gasteiger partial charge in [-0.1, -0.05) is 6.92 Å². The van der Waals surface area contributed by atoms with Gasteiger partial charge in [0.1, 0.15) is 0 Å². The van der Waals surface area contributed by atoms with Crippen molar-refractivity contribution in [3.05, 3.63) is 0 Å². The Labute approximate surface area is 92.2 Å². The Morgan fingerprint density at radius 3 is 2.80 bits per heavy atom. The van der Waals surface area contributed by atoms with E-state index in [1.165, 1.54) is 19.3 Å². The van der Waals surface area contributed by atoms with E-state index in [-0.39, 0.29) is 11.9 Å². The van der Waals surface area contributed by atoms with Crippen molar-refractivity contribution in [2.45, 2.75) is 64.6 Å². The number of likely N-dealkylation sites (tertiary alicyclic amines) is 1. The number of nitrogens with one attached hydrogen (secondary N) is 1. The third kappa shape index (κ3) is 2.92. The lowest BCUT2D eigenvalue weighted by Crippen LogP contribution is -2.44. The molecule has 1 fully saturated rings. The average molecular weight is 213 g/mol. The molecule has 1 aliphatic heterocycles. The van der Waals surface area contributed by atoms with Gasteiger partial charge in [-0.15, -0.1) is 0 Å². The molecule has 3 N–H and O–H groups in total. The van der Waals surface area contributed by atoms with Crippen molar-refractivity contribution < 1.29 is 4.79 Å². The maximum absolute atomic E-state index is 11.2. The van der Waals surface area contributed by atoms with Gasteiger partial charge in [-0.3, -0.25) is 15.1 Å². The van der Waals surface area contributed by atoms with Crippen molar-refractivity contribution in [2.24, 2.45) is 5.84 Å². The Bertz CT molecular complexity index is 220. The number of hydrazine groups is 1. The maximum Gasteiger partial charge on any atom is 0.235 e. The van der Waals surface area contributed by atoms with Crippen LogP contribution in [0.1, 0.15) is 46.5 Å². The molecule has 0 radical (unpaired) electrons. The molecule has 0 saturated carbocycles. The number of hydrogen-bond acceptors (Lipinski definition) is 3. The van der Waals surface area contributed by atoms with Gasteiger partial charge in [0.25, 0.3) is 0 Å². The summed E-state index contributed by atoms with van der Waals surface area (Å²) in [5, 5.41) is 0. The summed E-state index contributed by atoms with van der Waals surface area (Å²) in [6, 6.07) is 1.52. The highest BCUT2D eigenvalue weighted by Crippen LogP contribution is 2.28. The number of nitrogens with zero attached hydrogens (tertiary/aromatic N) is 1. The molecule has 4 nitrogen and oxygen atoms in total. The fourth-order valence-electron chi connectivity index (χ4n) is 2.73. The van der Waals surface area contributed by atoms with Gasteiger partial charge in [0.2, 0.25) is 5.91 Å². The van der Waals surface area contributed by atoms with E-state index in [0.29, 0.717) is 18.5 Å².